The van der Waals surface area contributed by atoms with Crippen LogP contribution in [0.1, 0.15) is 76.3 Å². The van der Waals surface area contributed by atoms with E-state index in [9.17, 15) is 4.79 Å². The van der Waals surface area contributed by atoms with Crippen molar-refractivity contribution < 1.29 is 9.53 Å². The maximum absolute atomic E-state index is 13.2. The number of nitrogens with zero attached hydrogens (tertiary/aromatic N) is 2. The van der Waals surface area contributed by atoms with Crippen LogP contribution in [-0.4, -0.2) is 28.8 Å². The lowest BCUT2D eigenvalue weighted by atomic mass is 9.98. The van der Waals surface area contributed by atoms with Gasteiger partial charge in [0.05, 0.1) is 13.2 Å². The SMILES string of the molecule is CCCCC1=NC2(CCCC2)C(=O)N1Cc1ccc(Br)c(COCCC)c1. The Morgan fingerprint density at radius 1 is 1.22 bits per heavy atom. The topological polar surface area (TPSA) is 41.9 Å². The molecular weight excluding hydrogens is 404 g/mol. The second-order valence-corrected chi connectivity index (χ2v) is 8.59. The summed E-state index contributed by atoms with van der Waals surface area (Å²) in [4.78, 5) is 20.2. The van der Waals surface area contributed by atoms with Gasteiger partial charge in [-0.25, -0.2) is 0 Å². The zero-order valence-electron chi connectivity index (χ0n) is 16.6. The maximum atomic E-state index is 13.2. The third-order valence-corrected chi connectivity index (χ3v) is 6.31. The van der Waals surface area contributed by atoms with Gasteiger partial charge < -0.3 is 4.74 Å². The quantitative estimate of drug-likeness (QED) is 0.473. The van der Waals surface area contributed by atoms with Crippen LogP contribution in [0.25, 0.3) is 0 Å². The number of amides is 1. The number of benzene rings is 1. The number of halogens is 1. The monoisotopic (exact) mass is 434 g/mol. The van der Waals surface area contributed by atoms with Crippen molar-refractivity contribution in [3.05, 3.63) is 33.8 Å². The Balaban J connectivity index is 1.77. The summed E-state index contributed by atoms with van der Waals surface area (Å²) in [5.41, 5.74) is 1.82. The molecule has 2 aliphatic rings. The Morgan fingerprint density at radius 3 is 2.70 bits per heavy atom. The van der Waals surface area contributed by atoms with E-state index in [2.05, 4.69) is 48.0 Å². The Morgan fingerprint density at radius 2 is 2.00 bits per heavy atom. The summed E-state index contributed by atoms with van der Waals surface area (Å²) in [6, 6.07) is 6.32. The molecule has 1 aliphatic carbocycles. The van der Waals surface area contributed by atoms with E-state index in [1.807, 2.05) is 4.90 Å². The van der Waals surface area contributed by atoms with Crippen LogP contribution >= 0.6 is 15.9 Å². The number of hydrogen-bond donors (Lipinski definition) is 0. The standard InChI is InChI=1S/C22H31BrN2O2/c1-3-5-8-20-24-22(11-6-7-12-22)21(26)25(20)15-17-9-10-19(23)18(14-17)16-27-13-4-2/h9-10,14H,3-8,11-13,15-16H2,1-2H3. The number of ether oxygens (including phenoxy) is 1. The predicted octanol–water partition coefficient (Wildman–Crippen LogP) is 5.62. The summed E-state index contributed by atoms with van der Waals surface area (Å²) in [6.45, 7) is 6.26. The van der Waals surface area contributed by atoms with Crippen molar-refractivity contribution in [2.45, 2.75) is 83.9 Å². The Kier molecular flexibility index (Phi) is 7.10. The molecule has 0 N–H and O–H groups in total. The normalized spacial score (nSPS) is 18.6. The second-order valence-electron chi connectivity index (χ2n) is 7.74. The van der Waals surface area contributed by atoms with Gasteiger partial charge in [0.1, 0.15) is 11.4 Å². The highest BCUT2D eigenvalue weighted by Gasteiger charge is 2.49. The van der Waals surface area contributed by atoms with Crippen molar-refractivity contribution in [1.29, 1.82) is 0 Å². The molecule has 148 valence electrons. The number of amidine groups is 1. The number of hydrogen-bond acceptors (Lipinski definition) is 3. The van der Waals surface area contributed by atoms with E-state index < -0.39 is 5.54 Å². The van der Waals surface area contributed by atoms with Gasteiger partial charge in [0.25, 0.3) is 5.91 Å². The lowest BCUT2D eigenvalue weighted by Crippen LogP contribution is -2.40. The molecule has 4 nitrogen and oxygen atoms in total. The largest absolute Gasteiger partial charge is 0.377 e. The number of carbonyl (C=O) groups excluding carboxylic acids is 1. The minimum atomic E-state index is -0.453. The lowest BCUT2D eigenvalue weighted by Gasteiger charge is -2.23. The first-order valence-corrected chi connectivity index (χ1v) is 11.1. The third-order valence-electron chi connectivity index (χ3n) is 5.54. The zero-order valence-corrected chi connectivity index (χ0v) is 18.2. The second kappa shape index (κ2) is 9.33. The summed E-state index contributed by atoms with van der Waals surface area (Å²) < 4.78 is 6.77. The molecule has 1 fully saturated rings. The van der Waals surface area contributed by atoms with E-state index in [0.717, 1.165) is 79.4 Å². The fraction of sp³-hybridized carbons (Fsp3) is 0.636. The molecule has 0 aromatic heterocycles. The molecule has 0 radical (unpaired) electrons. The van der Waals surface area contributed by atoms with Crippen LogP contribution in [0, 0.1) is 0 Å². The molecule has 27 heavy (non-hydrogen) atoms. The molecule has 1 aromatic carbocycles. The first kappa shape index (κ1) is 20.5. The van der Waals surface area contributed by atoms with Gasteiger partial charge in [-0.15, -0.1) is 0 Å². The van der Waals surface area contributed by atoms with Crippen molar-refractivity contribution >= 4 is 27.7 Å². The van der Waals surface area contributed by atoms with Gasteiger partial charge in [0, 0.05) is 17.5 Å². The minimum absolute atomic E-state index is 0.220. The Hall–Kier alpha value is -1.20. The average molecular weight is 435 g/mol. The van der Waals surface area contributed by atoms with Crippen LogP contribution in [0.2, 0.25) is 0 Å². The van der Waals surface area contributed by atoms with Crippen molar-refractivity contribution in [3.8, 4) is 0 Å². The van der Waals surface area contributed by atoms with E-state index in [1.165, 1.54) is 0 Å². The van der Waals surface area contributed by atoms with E-state index >= 15 is 0 Å². The van der Waals surface area contributed by atoms with Gasteiger partial charge >= 0.3 is 0 Å². The summed E-state index contributed by atoms with van der Waals surface area (Å²) >= 11 is 3.62. The number of aliphatic imine (C=N–C) groups is 1. The molecule has 1 saturated carbocycles. The van der Waals surface area contributed by atoms with Crippen molar-refractivity contribution in [2.75, 3.05) is 6.61 Å². The van der Waals surface area contributed by atoms with Crippen LogP contribution in [0.15, 0.2) is 27.7 Å². The maximum Gasteiger partial charge on any atom is 0.256 e. The van der Waals surface area contributed by atoms with Crippen molar-refractivity contribution in [2.24, 2.45) is 4.99 Å². The third kappa shape index (κ3) is 4.62. The Labute approximate surface area is 171 Å². The minimum Gasteiger partial charge on any atom is -0.377 e. The number of rotatable bonds is 9. The molecule has 1 heterocycles. The average Bonchev–Trinajstić information content (AvgIpc) is 3.24. The van der Waals surface area contributed by atoms with Gasteiger partial charge in [-0.1, -0.05) is 61.2 Å². The highest BCUT2D eigenvalue weighted by molar-refractivity contribution is 9.10. The fourth-order valence-corrected chi connectivity index (χ4v) is 4.41. The van der Waals surface area contributed by atoms with Crippen LogP contribution in [0.3, 0.4) is 0 Å². The lowest BCUT2D eigenvalue weighted by molar-refractivity contribution is -0.131. The summed E-state index contributed by atoms with van der Waals surface area (Å²) in [6.07, 6.45) is 8.15. The molecule has 0 bridgehead atoms. The van der Waals surface area contributed by atoms with Gasteiger partial charge in [0.2, 0.25) is 0 Å². The van der Waals surface area contributed by atoms with Crippen molar-refractivity contribution in [1.82, 2.24) is 4.90 Å². The number of carbonyl (C=O) groups is 1. The van der Waals surface area contributed by atoms with Crippen LogP contribution in [0.4, 0.5) is 0 Å². The van der Waals surface area contributed by atoms with Crippen LogP contribution in [0.5, 0.6) is 0 Å². The van der Waals surface area contributed by atoms with E-state index in [1.54, 1.807) is 0 Å². The molecule has 0 saturated heterocycles. The molecule has 5 heteroatoms. The molecule has 0 atom stereocenters. The van der Waals surface area contributed by atoms with Gasteiger partial charge in [-0.3, -0.25) is 14.7 Å². The van der Waals surface area contributed by atoms with E-state index in [-0.39, 0.29) is 5.91 Å². The van der Waals surface area contributed by atoms with Gasteiger partial charge in [-0.2, -0.15) is 0 Å². The molecule has 1 aliphatic heterocycles. The molecule has 1 aromatic rings. The summed E-state index contributed by atoms with van der Waals surface area (Å²) in [7, 11) is 0. The predicted molar refractivity (Wildman–Crippen MR) is 113 cm³/mol. The van der Waals surface area contributed by atoms with Crippen LogP contribution in [-0.2, 0) is 22.7 Å². The first-order chi connectivity index (χ1) is 13.1. The molecule has 1 spiro atoms. The number of unbranched alkanes of at least 4 members (excludes halogenated alkanes) is 1. The zero-order chi connectivity index (χ0) is 19.3. The first-order valence-electron chi connectivity index (χ1n) is 10.4. The molecular formula is C22H31BrN2O2. The highest BCUT2D eigenvalue weighted by atomic mass is 79.9. The summed E-state index contributed by atoms with van der Waals surface area (Å²) in [5.74, 6) is 1.22. The Bertz CT molecular complexity index is 696. The fourth-order valence-electron chi connectivity index (χ4n) is 4.04. The smallest absolute Gasteiger partial charge is 0.256 e. The van der Waals surface area contributed by atoms with Crippen molar-refractivity contribution in [3.63, 3.8) is 0 Å². The van der Waals surface area contributed by atoms with Gasteiger partial charge in [0.15, 0.2) is 0 Å². The van der Waals surface area contributed by atoms with E-state index in [0.29, 0.717) is 13.2 Å². The molecule has 0 unspecified atom stereocenters. The highest BCUT2D eigenvalue weighted by Crippen LogP contribution is 2.40. The molecule has 1 amide bonds. The summed E-state index contributed by atoms with van der Waals surface area (Å²) in [5, 5.41) is 0. The molecule has 3 rings (SSSR count). The van der Waals surface area contributed by atoms with E-state index in [4.69, 9.17) is 9.73 Å². The van der Waals surface area contributed by atoms with Crippen LogP contribution < -0.4 is 0 Å². The van der Waals surface area contributed by atoms with Gasteiger partial charge in [-0.05, 0) is 42.9 Å².